The molecule has 1 aromatic rings. The maximum absolute atomic E-state index is 4.73. The molecular weight excluding hydrogens is 340 g/mol. The predicted molar refractivity (Wildman–Crippen MR) is 124 cm³/mol. The molecule has 28 heavy (non-hydrogen) atoms. The van der Waals surface area contributed by atoms with Gasteiger partial charge in [-0.3, -0.25) is 0 Å². The zero-order valence-corrected chi connectivity index (χ0v) is 19.3. The second-order valence-corrected chi connectivity index (χ2v) is 8.45. The molecule has 0 bridgehead atoms. The van der Waals surface area contributed by atoms with E-state index in [1.165, 1.54) is 114 Å². The van der Waals surface area contributed by atoms with Crippen molar-refractivity contribution < 1.29 is 0 Å². The van der Waals surface area contributed by atoms with Gasteiger partial charge in [0.2, 0.25) is 0 Å². The zero-order chi connectivity index (χ0) is 20.3. The van der Waals surface area contributed by atoms with Crippen molar-refractivity contribution in [2.75, 3.05) is 0 Å². The molecule has 0 aliphatic heterocycles. The lowest BCUT2D eigenvalue weighted by Crippen LogP contribution is -2.02. The van der Waals surface area contributed by atoms with Crippen molar-refractivity contribution in [3.8, 4) is 0 Å². The standard InChI is InChI=1S/C26H47N2/c1-4-7-9-11-13-15-17-19-21-24-23-25(28-26(6-3)27-24)22-20-18-16-14-12-10-8-5-2/h6,23H,4-5,7-22H2,1-3H3. The van der Waals surface area contributed by atoms with Crippen LogP contribution in [-0.4, -0.2) is 9.97 Å². The van der Waals surface area contributed by atoms with Gasteiger partial charge in [-0.15, -0.1) is 0 Å². The number of aromatic nitrogens is 2. The first-order chi connectivity index (χ1) is 13.8. The number of rotatable bonds is 19. The van der Waals surface area contributed by atoms with E-state index in [0.29, 0.717) is 0 Å². The Hall–Kier alpha value is -0.920. The van der Waals surface area contributed by atoms with Gasteiger partial charge in [0.05, 0.1) is 0 Å². The fourth-order valence-electron chi connectivity index (χ4n) is 3.84. The Bertz CT molecular complexity index is 431. The van der Waals surface area contributed by atoms with Gasteiger partial charge in [-0.1, -0.05) is 111 Å². The number of unbranched alkanes of at least 4 members (excludes halogenated alkanes) is 14. The Morgan fingerprint density at radius 2 is 0.929 bits per heavy atom. The lowest BCUT2D eigenvalue weighted by Gasteiger charge is -2.08. The number of nitrogens with zero attached hydrogens (tertiary/aromatic N) is 2. The maximum Gasteiger partial charge on any atom is 0.132 e. The minimum absolute atomic E-state index is 0.923. The molecule has 1 rings (SSSR count). The minimum atomic E-state index is 0.923. The summed E-state index contributed by atoms with van der Waals surface area (Å²) >= 11 is 0. The summed E-state index contributed by atoms with van der Waals surface area (Å²) in [6.07, 6.45) is 26.2. The van der Waals surface area contributed by atoms with E-state index in [9.17, 15) is 0 Å². The quantitative estimate of drug-likeness (QED) is 0.223. The third-order valence-electron chi connectivity index (χ3n) is 5.68. The molecule has 0 aliphatic carbocycles. The summed E-state index contributed by atoms with van der Waals surface area (Å²) in [5.41, 5.74) is 2.51. The Kier molecular flexibility index (Phi) is 16.3. The Balaban J connectivity index is 2.22. The highest BCUT2D eigenvalue weighted by atomic mass is 14.9. The van der Waals surface area contributed by atoms with Crippen LogP contribution in [0.25, 0.3) is 0 Å². The average molecular weight is 388 g/mol. The molecule has 0 aromatic carbocycles. The van der Waals surface area contributed by atoms with E-state index in [-0.39, 0.29) is 0 Å². The third-order valence-corrected chi connectivity index (χ3v) is 5.68. The molecule has 2 nitrogen and oxygen atoms in total. The van der Waals surface area contributed by atoms with Crippen LogP contribution in [0.4, 0.5) is 0 Å². The van der Waals surface area contributed by atoms with E-state index < -0.39 is 0 Å². The molecule has 161 valence electrons. The average Bonchev–Trinajstić information content (AvgIpc) is 2.71. The van der Waals surface area contributed by atoms with Gasteiger partial charge in [-0.25, -0.2) is 9.97 Å². The molecule has 0 unspecified atom stereocenters. The number of hydrogen-bond donors (Lipinski definition) is 0. The largest absolute Gasteiger partial charge is 0.238 e. The summed E-state index contributed by atoms with van der Waals surface area (Å²) in [5.74, 6) is 0.923. The highest BCUT2D eigenvalue weighted by Crippen LogP contribution is 2.14. The summed E-state index contributed by atoms with van der Waals surface area (Å²) in [5, 5.41) is 0. The van der Waals surface area contributed by atoms with E-state index in [2.05, 4.69) is 33.3 Å². The van der Waals surface area contributed by atoms with Crippen molar-refractivity contribution >= 4 is 0 Å². The second-order valence-electron chi connectivity index (χ2n) is 8.45. The van der Waals surface area contributed by atoms with Gasteiger partial charge in [0.25, 0.3) is 0 Å². The fraction of sp³-hybridized carbons (Fsp3) is 0.808. The third kappa shape index (κ3) is 13.3. The monoisotopic (exact) mass is 387 g/mol. The van der Waals surface area contributed by atoms with Gasteiger partial charge in [0.1, 0.15) is 5.82 Å². The highest BCUT2D eigenvalue weighted by Gasteiger charge is 2.05. The summed E-state index contributed by atoms with van der Waals surface area (Å²) in [6, 6.07) is 2.27. The van der Waals surface area contributed by atoms with Crippen molar-refractivity contribution in [2.24, 2.45) is 0 Å². The number of hydrogen-bond acceptors (Lipinski definition) is 2. The van der Waals surface area contributed by atoms with Crippen molar-refractivity contribution in [2.45, 2.75) is 136 Å². The van der Waals surface area contributed by atoms with Gasteiger partial charge < -0.3 is 0 Å². The molecule has 0 N–H and O–H groups in total. The second kappa shape index (κ2) is 18.1. The first-order valence-electron chi connectivity index (χ1n) is 12.5. The van der Waals surface area contributed by atoms with Gasteiger partial charge in [-0.2, -0.15) is 0 Å². The number of aryl methyl sites for hydroxylation is 2. The molecular formula is C26H47N2. The molecule has 1 aromatic heterocycles. The van der Waals surface area contributed by atoms with Crippen LogP contribution in [0.15, 0.2) is 6.07 Å². The summed E-state index contributed by atoms with van der Waals surface area (Å²) in [6.45, 7) is 6.62. The smallest absolute Gasteiger partial charge is 0.132 e. The summed E-state index contributed by atoms with van der Waals surface area (Å²) in [7, 11) is 0. The van der Waals surface area contributed by atoms with Crippen molar-refractivity contribution in [1.82, 2.24) is 9.97 Å². The predicted octanol–water partition coefficient (Wildman–Crippen LogP) is 8.42. The molecule has 0 aliphatic rings. The molecule has 1 radical (unpaired) electrons. The first-order valence-corrected chi connectivity index (χ1v) is 12.5. The SMILES string of the molecule is C[CH]c1nc(CCCCCCCCCC)cc(CCCCCCCCCC)n1. The summed E-state index contributed by atoms with van der Waals surface area (Å²) < 4.78 is 0. The minimum Gasteiger partial charge on any atom is -0.238 e. The van der Waals surface area contributed by atoms with Crippen molar-refractivity contribution in [3.05, 3.63) is 29.7 Å². The molecule has 0 amide bonds. The Labute approximate surface area is 176 Å². The van der Waals surface area contributed by atoms with Gasteiger partial charge in [0, 0.05) is 17.8 Å². The molecule has 0 spiro atoms. The van der Waals surface area contributed by atoms with Crippen LogP contribution in [-0.2, 0) is 12.8 Å². The van der Waals surface area contributed by atoms with Gasteiger partial charge in [-0.05, 0) is 31.7 Å². The molecule has 0 fully saturated rings. The first kappa shape index (κ1) is 25.1. The molecule has 0 saturated heterocycles. The van der Waals surface area contributed by atoms with E-state index >= 15 is 0 Å². The van der Waals surface area contributed by atoms with E-state index in [1.807, 2.05) is 0 Å². The maximum atomic E-state index is 4.73. The van der Waals surface area contributed by atoms with Crippen LogP contribution < -0.4 is 0 Å². The summed E-state index contributed by atoms with van der Waals surface area (Å²) in [4.78, 5) is 9.46. The van der Waals surface area contributed by atoms with Crippen LogP contribution >= 0.6 is 0 Å². The van der Waals surface area contributed by atoms with Gasteiger partial charge in [0.15, 0.2) is 0 Å². The fourth-order valence-corrected chi connectivity index (χ4v) is 3.84. The highest BCUT2D eigenvalue weighted by molar-refractivity contribution is 5.15. The lowest BCUT2D eigenvalue weighted by atomic mass is 10.0. The lowest BCUT2D eigenvalue weighted by molar-refractivity contribution is 0.570. The van der Waals surface area contributed by atoms with Crippen LogP contribution in [0.1, 0.15) is 141 Å². The van der Waals surface area contributed by atoms with E-state index in [1.54, 1.807) is 0 Å². The van der Waals surface area contributed by atoms with E-state index in [0.717, 1.165) is 18.7 Å². The molecule has 1 heterocycles. The van der Waals surface area contributed by atoms with Crippen molar-refractivity contribution in [3.63, 3.8) is 0 Å². The molecule has 0 atom stereocenters. The zero-order valence-electron chi connectivity index (χ0n) is 19.3. The molecule has 0 saturated carbocycles. The topological polar surface area (TPSA) is 25.8 Å². The molecule has 2 heteroatoms. The normalized spacial score (nSPS) is 11.2. The van der Waals surface area contributed by atoms with Crippen molar-refractivity contribution in [1.29, 1.82) is 0 Å². The van der Waals surface area contributed by atoms with Crippen LogP contribution in [0, 0.1) is 6.42 Å². The van der Waals surface area contributed by atoms with Crippen LogP contribution in [0.2, 0.25) is 0 Å². The Morgan fingerprint density at radius 1 is 0.571 bits per heavy atom. The Morgan fingerprint density at radius 3 is 1.29 bits per heavy atom. The van der Waals surface area contributed by atoms with E-state index in [4.69, 9.17) is 9.97 Å². The van der Waals surface area contributed by atoms with Gasteiger partial charge >= 0.3 is 0 Å². The van der Waals surface area contributed by atoms with Crippen LogP contribution in [0.5, 0.6) is 0 Å². The van der Waals surface area contributed by atoms with Crippen LogP contribution in [0.3, 0.4) is 0 Å².